The molecule has 66 valence electrons. The van der Waals surface area contributed by atoms with Crippen molar-refractivity contribution in [2.24, 2.45) is 0 Å². The highest BCUT2D eigenvalue weighted by Crippen LogP contribution is 2.19. The van der Waals surface area contributed by atoms with Crippen LogP contribution in [0.5, 0.6) is 0 Å². The van der Waals surface area contributed by atoms with Gasteiger partial charge < -0.3 is 5.32 Å². The SMILES string of the molecule is CC(=O)NCC(C)c1cccs1. The summed E-state index contributed by atoms with van der Waals surface area (Å²) in [7, 11) is 0. The van der Waals surface area contributed by atoms with Gasteiger partial charge in [-0.05, 0) is 11.4 Å². The molecule has 1 rings (SSSR count). The van der Waals surface area contributed by atoms with Gasteiger partial charge in [0, 0.05) is 24.3 Å². The normalized spacial score (nSPS) is 12.5. The Kier molecular flexibility index (Phi) is 3.29. The molecule has 0 bridgehead atoms. The topological polar surface area (TPSA) is 29.1 Å². The highest BCUT2D eigenvalue weighted by Gasteiger charge is 2.05. The first-order valence-corrected chi connectivity index (χ1v) is 4.86. The van der Waals surface area contributed by atoms with Crippen molar-refractivity contribution in [3.63, 3.8) is 0 Å². The fourth-order valence-corrected chi connectivity index (χ4v) is 1.76. The van der Waals surface area contributed by atoms with Gasteiger partial charge in [0.1, 0.15) is 0 Å². The average Bonchev–Trinajstić information content (AvgIpc) is 2.51. The minimum Gasteiger partial charge on any atom is -0.356 e. The van der Waals surface area contributed by atoms with Gasteiger partial charge in [0.25, 0.3) is 0 Å². The van der Waals surface area contributed by atoms with Crippen LogP contribution in [-0.2, 0) is 4.79 Å². The Balaban J connectivity index is 2.39. The van der Waals surface area contributed by atoms with E-state index in [2.05, 4.69) is 23.7 Å². The van der Waals surface area contributed by atoms with Crippen molar-refractivity contribution in [3.8, 4) is 0 Å². The molecule has 1 N–H and O–H groups in total. The zero-order valence-corrected chi connectivity index (χ0v) is 8.15. The summed E-state index contributed by atoms with van der Waals surface area (Å²) in [5, 5.41) is 4.86. The second kappa shape index (κ2) is 4.26. The van der Waals surface area contributed by atoms with Crippen molar-refractivity contribution < 1.29 is 4.79 Å². The first-order chi connectivity index (χ1) is 5.70. The van der Waals surface area contributed by atoms with Crippen LogP contribution < -0.4 is 5.32 Å². The number of carbonyl (C=O) groups excluding carboxylic acids is 1. The minimum atomic E-state index is 0.0402. The zero-order chi connectivity index (χ0) is 8.97. The molecule has 2 nitrogen and oxygen atoms in total. The number of amides is 1. The predicted molar refractivity (Wildman–Crippen MR) is 51.4 cm³/mol. The van der Waals surface area contributed by atoms with Gasteiger partial charge >= 0.3 is 0 Å². The van der Waals surface area contributed by atoms with E-state index < -0.39 is 0 Å². The Morgan fingerprint density at radius 2 is 2.50 bits per heavy atom. The molecular formula is C9H13NOS. The summed E-state index contributed by atoms with van der Waals surface area (Å²) < 4.78 is 0. The van der Waals surface area contributed by atoms with E-state index in [9.17, 15) is 4.79 Å². The molecule has 0 aliphatic heterocycles. The molecule has 0 saturated carbocycles. The molecule has 0 radical (unpaired) electrons. The zero-order valence-electron chi connectivity index (χ0n) is 7.33. The van der Waals surface area contributed by atoms with Gasteiger partial charge in [-0.1, -0.05) is 13.0 Å². The van der Waals surface area contributed by atoms with Crippen LogP contribution in [0.1, 0.15) is 24.6 Å². The molecule has 1 aromatic heterocycles. The number of rotatable bonds is 3. The maximum atomic E-state index is 10.6. The van der Waals surface area contributed by atoms with Crippen molar-refractivity contribution in [1.82, 2.24) is 5.32 Å². The predicted octanol–water partition coefficient (Wildman–Crippen LogP) is 1.99. The number of nitrogens with one attached hydrogen (secondary N) is 1. The molecule has 0 spiro atoms. The molecule has 0 saturated heterocycles. The molecule has 1 heterocycles. The van der Waals surface area contributed by atoms with Crippen molar-refractivity contribution >= 4 is 17.2 Å². The molecule has 1 aromatic rings. The Hall–Kier alpha value is -0.830. The van der Waals surface area contributed by atoms with Gasteiger partial charge in [-0.25, -0.2) is 0 Å². The Labute approximate surface area is 76.6 Å². The molecule has 0 fully saturated rings. The summed E-state index contributed by atoms with van der Waals surface area (Å²) in [6, 6.07) is 4.13. The van der Waals surface area contributed by atoms with Crippen LogP contribution in [0.15, 0.2) is 17.5 Å². The third kappa shape index (κ3) is 2.66. The van der Waals surface area contributed by atoms with Gasteiger partial charge in [-0.2, -0.15) is 0 Å². The highest BCUT2D eigenvalue weighted by atomic mass is 32.1. The maximum Gasteiger partial charge on any atom is 0.216 e. The Bertz CT molecular complexity index is 243. The van der Waals surface area contributed by atoms with Crippen LogP contribution in [0.3, 0.4) is 0 Å². The van der Waals surface area contributed by atoms with E-state index in [0.717, 1.165) is 6.54 Å². The molecular weight excluding hydrogens is 170 g/mol. The molecule has 0 aliphatic rings. The summed E-state index contributed by atoms with van der Waals surface area (Å²) in [4.78, 5) is 11.9. The van der Waals surface area contributed by atoms with E-state index in [0.29, 0.717) is 5.92 Å². The fraction of sp³-hybridized carbons (Fsp3) is 0.444. The van der Waals surface area contributed by atoms with Crippen molar-refractivity contribution in [2.75, 3.05) is 6.54 Å². The second-order valence-electron chi connectivity index (χ2n) is 2.85. The monoisotopic (exact) mass is 183 g/mol. The lowest BCUT2D eigenvalue weighted by Gasteiger charge is -2.08. The van der Waals surface area contributed by atoms with Crippen LogP contribution in [0, 0.1) is 0 Å². The van der Waals surface area contributed by atoms with E-state index in [1.54, 1.807) is 18.3 Å². The van der Waals surface area contributed by atoms with Crippen LogP contribution >= 0.6 is 11.3 Å². The van der Waals surface area contributed by atoms with Crippen LogP contribution in [-0.4, -0.2) is 12.5 Å². The third-order valence-corrected chi connectivity index (χ3v) is 2.79. The summed E-state index contributed by atoms with van der Waals surface area (Å²) in [5.74, 6) is 0.465. The lowest BCUT2D eigenvalue weighted by atomic mass is 10.1. The van der Waals surface area contributed by atoms with E-state index in [-0.39, 0.29) is 5.91 Å². The number of carbonyl (C=O) groups is 1. The largest absolute Gasteiger partial charge is 0.356 e. The minimum absolute atomic E-state index is 0.0402. The van der Waals surface area contributed by atoms with E-state index in [4.69, 9.17) is 0 Å². The quantitative estimate of drug-likeness (QED) is 0.763. The van der Waals surface area contributed by atoms with E-state index >= 15 is 0 Å². The molecule has 12 heavy (non-hydrogen) atoms. The van der Waals surface area contributed by atoms with Gasteiger partial charge in [0.2, 0.25) is 5.91 Å². The van der Waals surface area contributed by atoms with Crippen LogP contribution in [0.25, 0.3) is 0 Å². The van der Waals surface area contributed by atoms with Gasteiger partial charge in [0.15, 0.2) is 0 Å². The second-order valence-corrected chi connectivity index (χ2v) is 3.83. The molecule has 1 amide bonds. The lowest BCUT2D eigenvalue weighted by Crippen LogP contribution is -2.24. The average molecular weight is 183 g/mol. The summed E-state index contributed by atoms with van der Waals surface area (Å²) in [5.41, 5.74) is 0. The van der Waals surface area contributed by atoms with Gasteiger partial charge in [0.05, 0.1) is 0 Å². The smallest absolute Gasteiger partial charge is 0.216 e. The Morgan fingerprint density at radius 1 is 1.75 bits per heavy atom. The molecule has 1 atom stereocenters. The summed E-state index contributed by atoms with van der Waals surface area (Å²) >= 11 is 1.73. The lowest BCUT2D eigenvalue weighted by molar-refractivity contribution is -0.119. The van der Waals surface area contributed by atoms with E-state index in [1.165, 1.54) is 4.88 Å². The van der Waals surface area contributed by atoms with Crippen LogP contribution in [0.4, 0.5) is 0 Å². The van der Waals surface area contributed by atoms with Gasteiger partial charge in [-0.15, -0.1) is 11.3 Å². The molecule has 0 aliphatic carbocycles. The molecule has 3 heteroatoms. The van der Waals surface area contributed by atoms with Crippen LogP contribution in [0.2, 0.25) is 0 Å². The summed E-state index contributed by atoms with van der Waals surface area (Å²) in [6.07, 6.45) is 0. The standard InChI is InChI=1S/C9H13NOS/c1-7(6-10-8(2)11)9-4-3-5-12-9/h3-5,7H,6H2,1-2H3,(H,10,11). The van der Waals surface area contributed by atoms with Gasteiger partial charge in [-0.3, -0.25) is 4.79 Å². The number of hydrogen-bond acceptors (Lipinski definition) is 2. The number of thiophene rings is 1. The molecule has 1 unspecified atom stereocenters. The molecule has 0 aromatic carbocycles. The van der Waals surface area contributed by atoms with Crippen molar-refractivity contribution in [1.29, 1.82) is 0 Å². The first-order valence-electron chi connectivity index (χ1n) is 3.98. The summed E-state index contributed by atoms with van der Waals surface area (Å²) in [6.45, 7) is 4.39. The van der Waals surface area contributed by atoms with Crippen molar-refractivity contribution in [2.45, 2.75) is 19.8 Å². The maximum absolute atomic E-state index is 10.6. The third-order valence-electron chi connectivity index (χ3n) is 1.69. The first kappa shape index (κ1) is 9.26. The van der Waals surface area contributed by atoms with E-state index in [1.807, 2.05) is 6.07 Å². The Morgan fingerprint density at radius 3 is 3.00 bits per heavy atom. The highest BCUT2D eigenvalue weighted by molar-refractivity contribution is 7.10. The fourth-order valence-electron chi connectivity index (χ4n) is 0.969. The number of hydrogen-bond donors (Lipinski definition) is 1. The van der Waals surface area contributed by atoms with Crippen molar-refractivity contribution in [3.05, 3.63) is 22.4 Å².